The molecule has 21 heavy (non-hydrogen) atoms. The number of halogens is 1. The largest absolute Gasteiger partial charge is 0.489 e. The molecule has 0 aliphatic heterocycles. The first-order valence-corrected chi connectivity index (χ1v) is 7.88. The standard InChI is InChI=1S/C16H23ClN2O2/c1-11(21-15-7-5-13(17)6-8-15)10-19-16(20)12-3-2-4-14(18)9-12/h5-8,11-12,14H,2-4,9-10,18H2,1H3,(H,19,20). The summed E-state index contributed by atoms with van der Waals surface area (Å²) in [6.45, 7) is 2.43. The number of ether oxygens (including phenoxy) is 1. The van der Waals surface area contributed by atoms with Crippen molar-refractivity contribution in [1.29, 1.82) is 0 Å². The maximum atomic E-state index is 12.1. The highest BCUT2D eigenvalue weighted by atomic mass is 35.5. The van der Waals surface area contributed by atoms with E-state index in [9.17, 15) is 4.79 Å². The summed E-state index contributed by atoms with van der Waals surface area (Å²) >= 11 is 5.83. The minimum atomic E-state index is -0.0904. The number of hydrogen-bond donors (Lipinski definition) is 2. The average Bonchev–Trinajstić information content (AvgIpc) is 2.47. The number of carbonyl (C=O) groups excluding carboxylic acids is 1. The molecule has 1 aromatic carbocycles. The molecule has 3 atom stereocenters. The number of hydrogen-bond acceptors (Lipinski definition) is 3. The van der Waals surface area contributed by atoms with Crippen molar-refractivity contribution in [3.63, 3.8) is 0 Å². The summed E-state index contributed by atoms with van der Waals surface area (Å²) in [6, 6.07) is 7.37. The Balaban J connectivity index is 1.74. The van der Waals surface area contributed by atoms with Crippen molar-refractivity contribution in [1.82, 2.24) is 5.32 Å². The van der Waals surface area contributed by atoms with Crippen LogP contribution in [0.2, 0.25) is 5.02 Å². The zero-order valence-electron chi connectivity index (χ0n) is 12.3. The van der Waals surface area contributed by atoms with Gasteiger partial charge in [0.05, 0.1) is 6.54 Å². The van der Waals surface area contributed by atoms with Crippen LogP contribution in [-0.2, 0) is 4.79 Å². The molecule has 1 aliphatic carbocycles. The van der Waals surface area contributed by atoms with Crippen molar-refractivity contribution >= 4 is 17.5 Å². The highest BCUT2D eigenvalue weighted by Gasteiger charge is 2.25. The van der Waals surface area contributed by atoms with E-state index in [-0.39, 0.29) is 24.0 Å². The lowest BCUT2D eigenvalue weighted by atomic mass is 9.85. The van der Waals surface area contributed by atoms with Crippen LogP contribution in [0.25, 0.3) is 0 Å². The second-order valence-electron chi connectivity index (χ2n) is 5.75. The van der Waals surface area contributed by atoms with Gasteiger partial charge in [-0.1, -0.05) is 18.0 Å². The number of benzene rings is 1. The Labute approximate surface area is 131 Å². The number of nitrogens with two attached hydrogens (primary N) is 1. The van der Waals surface area contributed by atoms with Crippen LogP contribution in [0.1, 0.15) is 32.6 Å². The summed E-state index contributed by atoms with van der Waals surface area (Å²) in [5.74, 6) is 0.897. The third-order valence-corrected chi connectivity index (χ3v) is 4.05. The molecule has 1 amide bonds. The van der Waals surface area contributed by atoms with Crippen LogP contribution in [0.15, 0.2) is 24.3 Å². The third kappa shape index (κ3) is 5.21. The van der Waals surface area contributed by atoms with Crippen molar-refractivity contribution in [2.45, 2.75) is 44.8 Å². The van der Waals surface area contributed by atoms with Gasteiger partial charge >= 0.3 is 0 Å². The van der Waals surface area contributed by atoms with Crippen LogP contribution >= 0.6 is 11.6 Å². The van der Waals surface area contributed by atoms with Gasteiger partial charge < -0.3 is 15.8 Å². The molecule has 4 nitrogen and oxygen atoms in total. The molecule has 0 radical (unpaired) electrons. The van der Waals surface area contributed by atoms with Gasteiger partial charge in [-0.05, 0) is 50.5 Å². The molecule has 2 rings (SSSR count). The topological polar surface area (TPSA) is 64.4 Å². The van der Waals surface area contributed by atoms with Crippen molar-refractivity contribution in [3.05, 3.63) is 29.3 Å². The molecule has 1 fully saturated rings. The first-order valence-electron chi connectivity index (χ1n) is 7.50. The Morgan fingerprint density at radius 3 is 2.81 bits per heavy atom. The third-order valence-electron chi connectivity index (χ3n) is 3.80. The highest BCUT2D eigenvalue weighted by Crippen LogP contribution is 2.23. The van der Waals surface area contributed by atoms with E-state index >= 15 is 0 Å². The van der Waals surface area contributed by atoms with Gasteiger partial charge in [0.1, 0.15) is 11.9 Å². The summed E-state index contributed by atoms with van der Waals surface area (Å²) < 4.78 is 5.73. The number of amides is 1. The molecule has 3 unspecified atom stereocenters. The number of nitrogens with one attached hydrogen (secondary N) is 1. The minimum Gasteiger partial charge on any atom is -0.489 e. The van der Waals surface area contributed by atoms with Gasteiger partial charge in [-0.25, -0.2) is 0 Å². The average molecular weight is 311 g/mol. The fourth-order valence-corrected chi connectivity index (χ4v) is 2.77. The fourth-order valence-electron chi connectivity index (χ4n) is 2.64. The lowest BCUT2D eigenvalue weighted by Crippen LogP contribution is -2.41. The molecular weight excluding hydrogens is 288 g/mol. The van der Waals surface area contributed by atoms with Gasteiger partial charge in [0.2, 0.25) is 5.91 Å². The molecule has 0 heterocycles. The maximum Gasteiger partial charge on any atom is 0.223 e. The zero-order valence-corrected chi connectivity index (χ0v) is 13.1. The quantitative estimate of drug-likeness (QED) is 0.879. The second-order valence-corrected chi connectivity index (χ2v) is 6.19. The predicted molar refractivity (Wildman–Crippen MR) is 84.5 cm³/mol. The van der Waals surface area contributed by atoms with E-state index < -0.39 is 0 Å². The van der Waals surface area contributed by atoms with Crippen molar-refractivity contribution in [3.8, 4) is 5.75 Å². The van der Waals surface area contributed by atoms with Crippen LogP contribution in [0.3, 0.4) is 0 Å². The first kappa shape index (κ1) is 16.1. The Morgan fingerprint density at radius 1 is 1.43 bits per heavy atom. The Bertz CT molecular complexity index is 464. The molecule has 1 aromatic rings. The molecule has 116 valence electrons. The molecule has 1 saturated carbocycles. The summed E-state index contributed by atoms with van der Waals surface area (Å²) in [6.07, 6.45) is 3.70. The lowest BCUT2D eigenvalue weighted by molar-refractivity contribution is -0.126. The van der Waals surface area contributed by atoms with E-state index in [4.69, 9.17) is 22.1 Å². The van der Waals surface area contributed by atoms with Gasteiger partial charge in [0, 0.05) is 17.0 Å². The fraction of sp³-hybridized carbons (Fsp3) is 0.562. The van der Waals surface area contributed by atoms with E-state index in [2.05, 4.69) is 5.32 Å². The van der Waals surface area contributed by atoms with Gasteiger partial charge in [-0.2, -0.15) is 0 Å². The van der Waals surface area contributed by atoms with Crippen LogP contribution in [0.4, 0.5) is 0 Å². The predicted octanol–water partition coefficient (Wildman–Crippen LogP) is 2.74. The van der Waals surface area contributed by atoms with Crippen molar-refractivity contribution in [2.75, 3.05) is 6.54 Å². The Kier molecular flexibility index (Phi) is 5.88. The van der Waals surface area contributed by atoms with Gasteiger partial charge in [0.15, 0.2) is 0 Å². The van der Waals surface area contributed by atoms with E-state index in [1.54, 1.807) is 12.1 Å². The molecule has 0 aromatic heterocycles. The normalized spacial score (nSPS) is 23.4. The van der Waals surface area contributed by atoms with Crippen molar-refractivity contribution < 1.29 is 9.53 Å². The molecule has 3 N–H and O–H groups in total. The number of carbonyl (C=O) groups is 1. The first-order chi connectivity index (χ1) is 10.0. The zero-order chi connectivity index (χ0) is 15.2. The van der Waals surface area contributed by atoms with Gasteiger partial charge in [-0.15, -0.1) is 0 Å². The van der Waals surface area contributed by atoms with E-state index in [0.29, 0.717) is 11.6 Å². The van der Waals surface area contributed by atoms with Crippen LogP contribution < -0.4 is 15.8 Å². The SMILES string of the molecule is CC(CNC(=O)C1CCCC(N)C1)Oc1ccc(Cl)cc1. The monoisotopic (exact) mass is 310 g/mol. The van der Waals surface area contributed by atoms with E-state index in [1.165, 1.54) is 0 Å². The Hall–Kier alpha value is -1.26. The minimum absolute atomic E-state index is 0.0523. The van der Waals surface area contributed by atoms with Crippen LogP contribution in [0, 0.1) is 5.92 Å². The second kappa shape index (κ2) is 7.66. The van der Waals surface area contributed by atoms with Gasteiger partial charge in [-0.3, -0.25) is 4.79 Å². The summed E-state index contributed by atoms with van der Waals surface area (Å²) in [5.41, 5.74) is 5.92. The summed E-state index contributed by atoms with van der Waals surface area (Å²) in [5, 5.41) is 3.64. The summed E-state index contributed by atoms with van der Waals surface area (Å²) in [4.78, 5) is 12.1. The summed E-state index contributed by atoms with van der Waals surface area (Å²) in [7, 11) is 0. The highest BCUT2D eigenvalue weighted by molar-refractivity contribution is 6.30. The lowest BCUT2D eigenvalue weighted by Gasteiger charge is -2.26. The number of rotatable bonds is 5. The Morgan fingerprint density at radius 2 is 2.14 bits per heavy atom. The van der Waals surface area contributed by atoms with Crippen LogP contribution in [0.5, 0.6) is 5.75 Å². The smallest absolute Gasteiger partial charge is 0.223 e. The van der Waals surface area contributed by atoms with E-state index in [0.717, 1.165) is 31.4 Å². The van der Waals surface area contributed by atoms with Crippen molar-refractivity contribution in [2.24, 2.45) is 11.7 Å². The van der Waals surface area contributed by atoms with Gasteiger partial charge in [0.25, 0.3) is 0 Å². The molecule has 0 saturated heterocycles. The molecule has 0 spiro atoms. The molecule has 1 aliphatic rings. The maximum absolute atomic E-state index is 12.1. The molecular formula is C16H23ClN2O2. The van der Waals surface area contributed by atoms with E-state index in [1.807, 2.05) is 19.1 Å². The molecule has 5 heteroatoms. The van der Waals surface area contributed by atoms with Crippen LogP contribution in [-0.4, -0.2) is 24.6 Å². The molecule has 0 bridgehead atoms.